The van der Waals surface area contributed by atoms with Gasteiger partial charge in [0.1, 0.15) is 0 Å². The van der Waals surface area contributed by atoms with E-state index in [1.54, 1.807) is 23.1 Å². The molecule has 0 spiro atoms. The second-order valence-electron chi connectivity index (χ2n) is 5.00. The zero-order valence-corrected chi connectivity index (χ0v) is 11.0. The SMILES string of the molecule is O=C(c1cc(-c2ccco2)on1)N1CCCC(CO)C1. The van der Waals surface area contributed by atoms with Gasteiger partial charge in [-0.2, -0.15) is 0 Å². The van der Waals surface area contributed by atoms with E-state index in [0.717, 1.165) is 12.8 Å². The van der Waals surface area contributed by atoms with Gasteiger partial charge in [-0.25, -0.2) is 0 Å². The molecule has 106 valence electrons. The highest BCUT2D eigenvalue weighted by Gasteiger charge is 2.26. The van der Waals surface area contributed by atoms with Crippen LogP contribution in [0.4, 0.5) is 0 Å². The van der Waals surface area contributed by atoms with Crippen LogP contribution in [-0.2, 0) is 0 Å². The van der Waals surface area contributed by atoms with Gasteiger partial charge < -0.3 is 18.9 Å². The van der Waals surface area contributed by atoms with Crippen LogP contribution in [0.5, 0.6) is 0 Å². The van der Waals surface area contributed by atoms with Gasteiger partial charge >= 0.3 is 0 Å². The molecule has 1 saturated heterocycles. The van der Waals surface area contributed by atoms with E-state index in [-0.39, 0.29) is 24.1 Å². The smallest absolute Gasteiger partial charge is 0.276 e. The highest BCUT2D eigenvalue weighted by Crippen LogP contribution is 2.23. The molecule has 0 aliphatic carbocycles. The topological polar surface area (TPSA) is 79.7 Å². The molecule has 0 aromatic carbocycles. The number of carbonyl (C=O) groups is 1. The van der Waals surface area contributed by atoms with Gasteiger partial charge in [-0.1, -0.05) is 5.16 Å². The molecule has 1 unspecified atom stereocenters. The van der Waals surface area contributed by atoms with Crippen molar-refractivity contribution in [2.45, 2.75) is 12.8 Å². The van der Waals surface area contributed by atoms with E-state index in [9.17, 15) is 9.90 Å². The van der Waals surface area contributed by atoms with E-state index in [2.05, 4.69) is 5.16 Å². The molecule has 20 heavy (non-hydrogen) atoms. The normalized spacial score (nSPS) is 19.2. The number of aliphatic hydroxyl groups is 1. The summed E-state index contributed by atoms with van der Waals surface area (Å²) in [5.41, 5.74) is 0.273. The third-order valence-corrected chi connectivity index (χ3v) is 3.56. The highest BCUT2D eigenvalue weighted by molar-refractivity contribution is 5.93. The Bertz CT molecular complexity index is 576. The number of hydrogen-bond donors (Lipinski definition) is 1. The minimum atomic E-state index is -0.162. The monoisotopic (exact) mass is 276 g/mol. The summed E-state index contributed by atoms with van der Waals surface area (Å²) in [5, 5.41) is 13.0. The molecule has 0 bridgehead atoms. The second kappa shape index (κ2) is 5.50. The van der Waals surface area contributed by atoms with Crippen molar-refractivity contribution in [2.75, 3.05) is 19.7 Å². The number of piperidine rings is 1. The van der Waals surface area contributed by atoms with Gasteiger partial charge in [0, 0.05) is 25.8 Å². The first-order valence-electron chi connectivity index (χ1n) is 6.68. The molecule has 1 N–H and O–H groups in total. The number of aromatic nitrogens is 1. The maximum Gasteiger partial charge on any atom is 0.276 e. The maximum atomic E-state index is 12.3. The fourth-order valence-electron chi connectivity index (χ4n) is 2.47. The van der Waals surface area contributed by atoms with Gasteiger partial charge in [-0.15, -0.1) is 0 Å². The Labute approximate surface area is 116 Å². The van der Waals surface area contributed by atoms with E-state index < -0.39 is 0 Å². The Hall–Kier alpha value is -2.08. The molecule has 3 rings (SSSR count). The van der Waals surface area contributed by atoms with Crippen molar-refractivity contribution < 1.29 is 18.8 Å². The molecule has 6 heteroatoms. The van der Waals surface area contributed by atoms with Gasteiger partial charge in [0.15, 0.2) is 11.5 Å². The lowest BCUT2D eigenvalue weighted by atomic mass is 9.99. The minimum absolute atomic E-state index is 0.111. The lowest BCUT2D eigenvalue weighted by molar-refractivity contribution is 0.0611. The lowest BCUT2D eigenvalue weighted by Gasteiger charge is -2.31. The summed E-state index contributed by atoms with van der Waals surface area (Å²) in [5.74, 6) is 0.978. The number of nitrogens with zero attached hydrogens (tertiary/aromatic N) is 2. The average molecular weight is 276 g/mol. The molecule has 0 saturated carbocycles. The number of hydrogen-bond acceptors (Lipinski definition) is 5. The van der Waals surface area contributed by atoms with Crippen LogP contribution < -0.4 is 0 Å². The third kappa shape index (κ3) is 2.46. The molecular formula is C14H16N2O4. The molecule has 2 aromatic heterocycles. The fourth-order valence-corrected chi connectivity index (χ4v) is 2.47. The van der Waals surface area contributed by atoms with Gasteiger partial charge in [0.05, 0.1) is 6.26 Å². The van der Waals surface area contributed by atoms with E-state index in [4.69, 9.17) is 8.94 Å². The zero-order chi connectivity index (χ0) is 13.9. The lowest BCUT2D eigenvalue weighted by Crippen LogP contribution is -2.41. The second-order valence-corrected chi connectivity index (χ2v) is 5.00. The molecule has 1 aliphatic heterocycles. The quantitative estimate of drug-likeness (QED) is 0.924. The van der Waals surface area contributed by atoms with Crippen LogP contribution >= 0.6 is 0 Å². The number of carbonyl (C=O) groups excluding carboxylic acids is 1. The van der Waals surface area contributed by atoms with Gasteiger partial charge in [-0.3, -0.25) is 4.79 Å². The fraction of sp³-hybridized carbons (Fsp3) is 0.429. The predicted octanol–water partition coefficient (Wildman–Crippen LogP) is 1.78. The first kappa shape index (κ1) is 12.9. The first-order chi connectivity index (χ1) is 9.78. The van der Waals surface area contributed by atoms with Crippen LogP contribution in [0, 0.1) is 5.92 Å². The van der Waals surface area contributed by atoms with Crippen LogP contribution in [0.1, 0.15) is 23.3 Å². The molecule has 1 amide bonds. The van der Waals surface area contributed by atoms with Crippen molar-refractivity contribution in [2.24, 2.45) is 5.92 Å². The standard InChI is InChI=1S/C14H16N2O4/c17-9-10-3-1-5-16(8-10)14(18)11-7-13(20-15-11)12-4-2-6-19-12/h2,4,6-7,10,17H,1,3,5,8-9H2. The number of furan rings is 1. The summed E-state index contributed by atoms with van der Waals surface area (Å²) < 4.78 is 10.3. The van der Waals surface area contributed by atoms with Crippen molar-refractivity contribution in [3.8, 4) is 11.5 Å². The van der Waals surface area contributed by atoms with Crippen molar-refractivity contribution in [3.05, 3.63) is 30.2 Å². The summed E-state index contributed by atoms with van der Waals surface area (Å²) in [6.07, 6.45) is 3.40. The van der Waals surface area contributed by atoms with Gasteiger partial charge in [0.25, 0.3) is 5.91 Å². The summed E-state index contributed by atoms with van der Waals surface area (Å²) in [6.45, 7) is 1.37. The summed E-state index contributed by atoms with van der Waals surface area (Å²) in [7, 11) is 0. The summed E-state index contributed by atoms with van der Waals surface area (Å²) in [6, 6.07) is 5.08. The molecule has 1 fully saturated rings. The Morgan fingerprint density at radius 1 is 1.50 bits per heavy atom. The zero-order valence-electron chi connectivity index (χ0n) is 11.0. The van der Waals surface area contributed by atoms with E-state index in [1.807, 2.05) is 0 Å². The molecule has 6 nitrogen and oxygen atoms in total. The number of likely N-dealkylation sites (tertiary alicyclic amines) is 1. The van der Waals surface area contributed by atoms with Crippen molar-refractivity contribution in [3.63, 3.8) is 0 Å². The molecule has 0 radical (unpaired) electrons. The third-order valence-electron chi connectivity index (χ3n) is 3.56. The predicted molar refractivity (Wildman–Crippen MR) is 69.9 cm³/mol. The van der Waals surface area contributed by atoms with E-state index in [1.165, 1.54) is 6.26 Å². The minimum Gasteiger partial charge on any atom is -0.461 e. The molecule has 1 aliphatic rings. The summed E-state index contributed by atoms with van der Waals surface area (Å²) >= 11 is 0. The summed E-state index contributed by atoms with van der Waals surface area (Å²) in [4.78, 5) is 14.1. The molecule has 2 aromatic rings. The Morgan fingerprint density at radius 2 is 2.40 bits per heavy atom. The largest absolute Gasteiger partial charge is 0.461 e. The Morgan fingerprint density at radius 3 is 3.15 bits per heavy atom. The van der Waals surface area contributed by atoms with Gasteiger partial charge in [0.2, 0.25) is 5.76 Å². The van der Waals surface area contributed by atoms with Gasteiger partial charge in [-0.05, 0) is 30.9 Å². The van der Waals surface area contributed by atoms with Crippen LogP contribution in [0.25, 0.3) is 11.5 Å². The number of amides is 1. The highest BCUT2D eigenvalue weighted by atomic mass is 16.5. The van der Waals surface area contributed by atoms with Crippen LogP contribution in [0.15, 0.2) is 33.4 Å². The van der Waals surface area contributed by atoms with Crippen LogP contribution in [0.3, 0.4) is 0 Å². The first-order valence-corrected chi connectivity index (χ1v) is 6.68. The number of aliphatic hydroxyl groups excluding tert-OH is 1. The number of rotatable bonds is 3. The molecular weight excluding hydrogens is 260 g/mol. The van der Waals surface area contributed by atoms with Crippen LogP contribution in [-0.4, -0.2) is 40.8 Å². The Kier molecular flexibility index (Phi) is 3.56. The van der Waals surface area contributed by atoms with Crippen molar-refractivity contribution >= 4 is 5.91 Å². The van der Waals surface area contributed by atoms with Crippen LogP contribution in [0.2, 0.25) is 0 Å². The average Bonchev–Trinajstić information content (AvgIpc) is 3.17. The maximum absolute atomic E-state index is 12.3. The van der Waals surface area contributed by atoms with Crippen molar-refractivity contribution in [1.29, 1.82) is 0 Å². The Balaban J connectivity index is 1.74. The molecule has 3 heterocycles. The van der Waals surface area contributed by atoms with Crippen molar-refractivity contribution in [1.82, 2.24) is 10.1 Å². The van der Waals surface area contributed by atoms with E-state index >= 15 is 0 Å². The van der Waals surface area contributed by atoms with E-state index in [0.29, 0.717) is 24.6 Å². The molecule has 1 atom stereocenters.